The van der Waals surface area contributed by atoms with Crippen molar-refractivity contribution in [2.45, 2.75) is 6.92 Å². The van der Waals surface area contributed by atoms with Gasteiger partial charge in [0.2, 0.25) is 6.20 Å². The lowest BCUT2D eigenvalue weighted by atomic mass is 10.2. The minimum atomic E-state index is -0.409. The fraction of sp³-hybridized carbons (Fsp3) is 0.200. The molecule has 0 unspecified atom stereocenters. The van der Waals surface area contributed by atoms with Gasteiger partial charge in [-0.2, -0.15) is 0 Å². The highest BCUT2D eigenvalue weighted by molar-refractivity contribution is 5.79. The van der Waals surface area contributed by atoms with E-state index in [1.165, 1.54) is 10.7 Å². The normalized spacial score (nSPS) is 10.8. The topological polar surface area (TPSA) is 62.6 Å². The van der Waals surface area contributed by atoms with Gasteiger partial charge >= 0.3 is 5.69 Å². The molecule has 1 aromatic carbocycles. The highest BCUT2D eigenvalue weighted by Gasteiger charge is 2.19. The standard InChI is InChI=1S/C15H17N4O2/c1-12-15(19(20)21)5-4-10-18(12)16-11-13-6-8-14(9-7-13)17(2)3/h4-11H,1-3H3/q+1/b16-11+. The lowest BCUT2D eigenvalue weighted by Gasteiger charge is -2.11. The van der Waals surface area contributed by atoms with Gasteiger partial charge in [0.15, 0.2) is 0 Å². The van der Waals surface area contributed by atoms with Crippen LogP contribution in [0.4, 0.5) is 11.4 Å². The first-order valence-corrected chi connectivity index (χ1v) is 6.46. The summed E-state index contributed by atoms with van der Waals surface area (Å²) in [5.41, 5.74) is 2.58. The molecule has 6 heteroatoms. The summed E-state index contributed by atoms with van der Waals surface area (Å²) in [7, 11) is 3.96. The third-order valence-electron chi connectivity index (χ3n) is 3.13. The van der Waals surface area contributed by atoms with Gasteiger partial charge in [-0.1, -0.05) is 12.1 Å². The van der Waals surface area contributed by atoms with E-state index in [4.69, 9.17) is 0 Å². The first kappa shape index (κ1) is 14.6. The molecule has 21 heavy (non-hydrogen) atoms. The number of anilines is 1. The molecule has 6 nitrogen and oxygen atoms in total. The van der Waals surface area contributed by atoms with E-state index in [0.717, 1.165) is 11.3 Å². The van der Waals surface area contributed by atoms with E-state index in [2.05, 4.69) is 5.10 Å². The molecule has 108 valence electrons. The first-order chi connectivity index (χ1) is 9.99. The zero-order valence-electron chi connectivity index (χ0n) is 12.2. The molecular formula is C15H17N4O2+. The van der Waals surface area contributed by atoms with Crippen LogP contribution in [0.1, 0.15) is 11.3 Å². The molecule has 0 saturated heterocycles. The second-order valence-corrected chi connectivity index (χ2v) is 4.81. The van der Waals surface area contributed by atoms with E-state index in [-0.39, 0.29) is 5.69 Å². The van der Waals surface area contributed by atoms with Crippen LogP contribution in [0.5, 0.6) is 0 Å². The van der Waals surface area contributed by atoms with Crippen LogP contribution >= 0.6 is 0 Å². The second-order valence-electron chi connectivity index (χ2n) is 4.81. The van der Waals surface area contributed by atoms with Crippen molar-refractivity contribution in [2.75, 3.05) is 19.0 Å². The number of rotatable bonds is 4. The maximum atomic E-state index is 10.9. The summed E-state index contributed by atoms with van der Waals surface area (Å²) in [5.74, 6) is 0. The Morgan fingerprint density at radius 2 is 1.90 bits per heavy atom. The Kier molecular flexibility index (Phi) is 4.27. The predicted octanol–water partition coefficient (Wildman–Crippen LogP) is 2.14. The Balaban J connectivity index is 2.25. The van der Waals surface area contributed by atoms with Gasteiger partial charge in [-0.3, -0.25) is 10.1 Å². The Hall–Kier alpha value is -2.76. The van der Waals surface area contributed by atoms with Gasteiger partial charge in [0.25, 0.3) is 5.69 Å². The molecule has 1 aromatic heterocycles. The largest absolute Gasteiger partial charge is 0.378 e. The second kappa shape index (κ2) is 6.13. The molecular weight excluding hydrogens is 268 g/mol. The van der Waals surface area contributed by atoms with E-state index in [1.54, 1.807) is 25.4 Å². The van der Waals surface area contributed by atoms with E-state index in [0.29, 0.717) is 5.69 Å². The maximum absolute atomic E-state index is 10.9. The summed E-state index contributed by atoms with van der Waals surface area (Å²) in [6.45, 7) is 1.67. The molecule has 0 atom stereocenters. The monoisotopic (exact) mass is 285 g/mol. The van der Waals surface area contributed by atoms with Crippen molar-refractivity contribution in [3.8, 4) is 0 Å². The summed E-state index contributed by atoms with van der Waals surface area (Å²) in [6, 6.07) is 11.0. The van der Waals surface area contributed by atoms with Gasteiger partial charge in [0, 0.05) is 38.8 Å². The SMILES string of the molecule is Cc1c([N+](=O)[O-])ccc[n+]1/N=C/c1ccc(N(C)C)cc1. The molecule has 0 N–H and O–H groups in total. The zero-order valence-corrected chi connectivity index (χ0v) is 12.2. The summed E-state index contributed by atoms with van der Waals surface area (Å²) in [5, 5.41) is 15.2. The molecule has 0 bridgehead atoms. The van der Waals surface area contributed by atoms with Crippen molar-refractivity contribution in [3.63, 3.8) is 0 Å². The highest BCUT2D eigenvalue weighted by Crippen LogP contribution is 2.12. The van der Waals surface area contributed by atoms with Crippen LogP contribution in [-0.4, -0.2) is 25.2 Å². The van der Waals surface area contributed by atoms with Crippen LogP contribution in [-0.2, 0) is 0 Å². The minimum absolute atomic E-state index is 0.0533. The Bertz CT molecular complexity index is 679. The molecule has 1 heterocycles. The van der Waals surface area contributed by atoms with Crippen molar-refractivity contribution in [2.24, 2.45) is 5.10 Å². The van der Waals surface area contributed by atoms with Crippen molar-refractivity contribution < 1.29 is 9.60 Å². The van der Waals surface area contributed by atoms with E-state index in [9.17, 15) is 10.1 Å². The number of hydrogen-bond acceptors (Lipinski definition) is 4. The summed E-state index contributed by atoms with van der Waals surface area (Å²) in [6.07, 6.45) is 3.36. The molecule has 0 amide bonds. The van der Waals surface area contributed by atoms with Crippen molar-refractivity contribution in [3.05, 3.63) is 64.0 Å². The molecule has 0 fully saturated rings. The average Bonchev–Trinajstić information content (AvgIpc) is 2.46. The number of benzene rings is 1. The van der Waals surface area contributed by atoms with Crippen LogP contribution < -0.4 is 9.58 Å². The lowest BCUT2D eigenvalue weighted by molar-refractivity contribution is -0.687. The summed E-state index contributed by atoms with van der Waals surface area (Å²) < 4.78 is 1.50. The maximum Gasteiger partial charge on any atom is 0.338 e. The predicted molar refractivity (Wildman–Crippen MR) is 81.8 cm³/mol. The highest BCUT2D eigenvalue weighted by atomic mass is 16.6. The van der Waals surface area contributed by atoms with Crippen LogP contribution in [0.25, 0.3) is 0 Å². The quantitative estimate of drug-likeness (QED) is 0.374. The van der Waals surface area contributed by atoms with Gasteiger partial charge in [0.05, 0.1) is 4.92 Å². The fourth-order valence-corrected chi connectivity index (χ4v) is 1.87. The number of nitrogens with zero attached hydrogens (tertiary/aromatic N) is 4. The molecule has 0 aliphatic heterocycles. The van der Waals surface area contributed by atoms with Gasteiger partial charge in [0.1, 0.15) is 6.21 Å². The molecule has 2 aromatic rings. The Labute approximate surface area is 123 Å². The van der Waals surface area contributed by atoms with E-state index in [1.807, 2.05) is 43.3 Å². The smallest absolute Gasteiger partial charge is 0.338 e. The third kappa shape index (κ3) is 3.42. The molecule has 0 spiro atoms. The summed E-state index contributed by atoms with van der Waals surface area (Å²) >= 11 is 0. The van der Waals surface area contributed by atoms with Crippen molar-refractivity contribution >= 4 is 17.6 Å². The zero-order chi connectivity index (χ0) is 15.4. The molecule has 0 radical (unpaired) electrons. The number of hydrogen-bond donors (Lipinski definition) is 0. The van der Waals surface area contributed by atoms with Crippen molar-refractivity contribution in [1.82, 2.24) is 0 Å². The average molecular weight is 285 g/mol. The summed E-state index contributed by atoms with van der Waals surface area (Å²) in [4.78, 5) is 12.5. The molecule has 0 saturated carbocycles. The van der Waals surface area contributed by atoms with E-state index < -0.39 is 4.92 Å². The molecule has 2 rings (SSSR count). The van der Waals surface area contributed by atoms with Gasteiger partial charge in [-0.05, 0) is 27.5 Å². The Morgan fingerprint density at radius 1 is 1.24 bits per heavy atom. The minimum Gasteiger partial charge on any atom is -0.378 e. The lowest BCUT2D eigenvalue weighted by Crippen LogP contribution is -2.31. The molecule has 0 aliphatic carbocycles. The van der Waals surface area contributed by atoms with E-state index >= 15 is 0 Å². The first-order valence-electron chi connectivity index (χ1n) is 6.46. The van der Waals surface area contributed by atoms with Gasteiger partial charge in [-0.15, -0.1) is 0 Å². The van der Waals surface area contributed by atoms with Gasteiger partial charge in [-0.25, -0.2) is 0 Å². The van der Waals surface area contributed by atoms with Crippen LogP contribution in [0.2, 0.25) is 0 Å². The van der Waals surface area contributed by atoms with Crippen LogP contribution in [0, 0.1) is 17.0 Å². The van der Waals surface area contributed by atoms with Gasteiger partial charge < -0.3 is 4.90 Å². The van der Waals surface area contributed by atoms with Crippen LogP contribution in [0.15, 0.2) is 47.7 Å². The number of aromatic nitrogens is 1. The number of pyridine rings is 1. The van der Waals surface area contributed by atoms with Crippen LogP contribution in [0.3, 0.4) is 0 Å². The third-order valence-corrected chi connectivity index (χ3v) is 3.13. The Morgan fingerprint density at radius 3 is 2.48 bits per heavy atom. The van der Waals surface area contributed by atoms with Crippen molar-refractivity contribution in [1.29, 1.82) is 0 Å². The fourth-order valence-electron chi connectivity index (χ4n) is 1.87. The number of nitro groups is 1. The molecule has 0 aliphatic rings.